The molecule has 1 aromatic heterocycles. The molecule has 0 aliphatic carbocycles. The molecule has 0 amide bonds. The van der Waals surface area contributed by atoms with Crippen molar-refractivity contribution in [3.8, 4) is 0 Å². The lowest BCUT2D eigenvalue weighted by Gasteiger charge is -2.09. The second-order valence-corrected chi connectivity index (χ2v) is 4.41. The number of thioether (sulfide) groups is 1. The van der Waals surface area contributed by atoms with E-state index in [2.05, 4.69) is 46.5 Å². The quantitative estimate of drug-likeness (QED) is 0.779. The standard InChI is InChI=1S/C12H15N3S/c1-2-14-11-5-3-4-6-12(11)16-8-10-7-13-9-15-10/h3-7,9,14H,2,8H2,1H3,(H,13,15). The Morgan fingerprint density at radius 1 is 1.38 bits per heavy atom. The second-order valence-electron chi connectivity index (χ2n) is 3.39. The first kappa shape index (κ1) is 11.1. The van der Waals surface area contributed by atoms with E-state index >= 15 is 0 Å². The lowest BCUT2D eigenvalue weighted by Crippen LogP contribution is -1.97. The number of aromatic nitrogens is 2. The van der Waals surface area contributed by atoms with Crippen molar-refractivity contribution in [1.82, 2.24) is 9.97 Å². The van der Waals surface area contributed by atoms with Crippen LogP contribution in [0.15, 0.2) is 41.7 Å². The molecule has 16 heavy (non-hydrogen) atoms. The van der Waals surface area contributed by atoms with E-state index in [9.17, 15) is 0 Å². The number of nitrogens with zero attached hydrogens (tertiary/aromatic N) is 1. The molecule has 0 saturated carbocycles. The van der Waals surface area contributed by atoms with Crippen molar-refractivity contribution >= 4 is 17.4 Å². The van der Waals surface area contributed by atoms with E-state index in [-0.39, 0.29) is 0 Å². The van der Waals surface area contributed by atoms with Crippen LogP contribution in [0.5, 0.6) is 0 Å². The number of H-pyrrole nitrogens is 1. The van der Waals surface area contributed by atoms with Gasteiger partial charge in [-0.05, 0) is 19.1 Å². The molecule has 3 nitrogen and oxygen atoms in total. The van der Waals surface area contributed by atoms with E-state index in [0.717, 1.165) is 18.0 Å². The van der Waals surface area contributed by atoms with Crippen LogP contribution in [0.3, 0.4) is 0 Å². The Kier molecular flexibility index (Phi) is 3.88. The Bertz CT molecular complexity index is 426. The van der Waals surface area contributed by atoms with Crippen LogP contribution in [0.2, 0.25) is 0 Å². The minimum Gasteiger partial charge on any atom is -0.384 e. The fourth-order valence-corrected chi connectivity index (χ4v) is 2.39. The molecule has 0 spiro atoms. The summed E-state index contributed by atoms with van der Waals surface area (Å²) in [6.45, 7) is 3.05. The number of hydrogen-bond donors (Lipinski definition) is 2. The highest BCUT2D eigenvalue weighted by molar-refractivity contribution is 7.98. The van der Waals surface area contributed by atoms with Gasteiger partial charge in [-0.1, -0.05) is 12.1 Å². The summed E-state index contributed by atoms with van der Waals surface area (Å²) >= 11 is 1.81. The summed E-state index contributed by atoms with van der Waals surface area (Å²) < 4.78 is 0. The molecule has 0 bridgehead atoms. The van der Waals surface area contributed by atoms with Gasteiger partial charge in [-0.15, -0.1) is 11.8 Å². The van der Waals surface area contributed by atoms with Crippen molar-refractivity contribution < 1.29 is 0 Å². The largest absolute Gasteiger partial charge is 0.384 e. The molecule has 4 heteroatoms. The Labute approximate surface area is 99.7 Å². The second kappa shape index (κ2) is 5.61. The normalized spacial score (nSPS) is 10.3. The highest BCUT2D eigenvalue weighted by Gasteiger charge is 2.02. The monoisotopic (exact) mass is 233 g/mol. The van der Waals surface area contributed by atoms with Crippen molar-refractivity contribution in [2.24, 2.45) is 0 Å². The molecular weight excluding hydrogens is 218 g/mol. The zero-order chi connectivity index (χ0) is 11.2. The average molecular weight is 233 g/mol. The fourth-order valence-electron chi connectivity index (χ4n) is 1.45. The molecule has 0 aliphatic heterocycles. The van der Waals surface area contributed by atoms with Gasteiger partial charge < -0.3 is 10.3 Å². The zero-order valence-corrected chi connectivity index (χ0v) is 10.1. The minimum absolute atomic E-state index is 0.919. The number of hydrogen-bond acceptors (Lipinski definition) is 3. The Balaban J connectivity index is 2.03. The van der Waals surface area contributed by atoms with E-state index in [0.29, 0.717) is 0 Å². The van der Waals surface area contributed by atoms with Gasteiger partial charge in [-0.3, -0.25) is 0 Å². The molecule has 84 valence electrons. The van der Waals surface area contributed by atoms with Gasteiger partial charge in [0.25, 0.3) is 0 Å². The van der Waals surface area contributed by atoms with Gasteiger partial charge in [0.2, 0.25) is 0 Å². The van der Waals surface area contributed by atoms with Crippen LogP contribution in [0.4, 0.5) is 5.69 Å². The van der Waals surface area contributed by atoms with E-state index in [1.54, 1.807) is 6.33 Å². The number of nitrogens with one attached hydrogen (secondary N) is 2. The SMILES string of the molecule is CCNc1ccccc1SCc1cnc[nH]1. The predicted molar refractivity (Wildman–Crippen MR) is 68.8 cm³/mol. The van der Waals surface area contributed by atoms with E-state index < -0.39 is 0 Å². The van der Waals surface area contributed by atoms with Crippen LogP contribution in [0.25, 0.3) is 0 Å². The highest BCUT2D eigenvalue weighted by Crippen LogP contribution is 2.28. The van der Waals surface area contributed by atoms with Crippen LogP contribution < -0.4 is 5.32 Å². The molecule has 2 rings (SSSR count). The first-order valence-corrected chi connectivity index (χ1v) is 6.31. The summed E-state index contributed by atoms with van der Waals surface area (Å²) in [7, 11) is 0. The number of aromatic amines is 1. The Morgan fingerprint density at radius 3 is 3.00 bits per heavy atom. The predicted octanol–water partition coefficient (Wildman–Crippen LogP) is 3.13. The lowest BCUT2D eigenvalue weighted by molar-refractivity contribution is 1.18. The van der Waals surface area contributed by atoms with E-state index in [4.69, 9.17) is 0 Å². The van der Waals surface area contributed by atoms with Gasteiger partial charge in [-0.25, -0.2) is 4.98 Å². The van der Waals surface area contributed by atoms with Gasteiger partial charge >= 0.3 is 0 Å². The number of rotatable bonds is 5. The molecule has 0 radical (unpaired) electrons. The zero-order valence-electron chi connectivity index (χ0n) is 9.23. The third-order valence-electron chi connectivity index (χ3n) is 2.19. The third kappa shape index (κ3) is 2.79. The molecule has 0 unspecified atom stereocenters. The van der Waals surface area contributed by atoms with Crippen molar-refractivity contribution in [1.29, 1.82) is 0 Å². The van der Waals surface area contributed by atoms with Crippen molar-refractivity contribution in [2.45, 2.75) is 17.6 Å². The molecule has 1 aromatic carbocycles. The number of anilines is 1. The summed E-state index contributed by atoms with van der Waals surface area (Å²) in [5.41, 5.74) is 2.35. The van der Waals surface area contributed by atoms with Crippen molar-refractivity contribution in [2.75, 3.05) is 11.9 Å². The van der Waals surface area contributed by atoms with Gasteiger partial charge in [-0.2, -0.15) is 0 Å². The average Bonchev–Trinajstić information content (AvgIpc) is 2.81. The molecule has 1 heterocycles. The summed E-state index contributed by atoms with van der Waals surface area (Å²) in [5.74, 6) is 0.919. The van der Waals surface area contributed by atoms with Crippen LogP contribution in [-0.2, 0) is 5.75 Å². The van der Waals surface area contributed by atoms with Gasteiger partial charge in [0, 0.05) is 34.8 Å². The molecule has 0 saturated heterocycles. The molecule has 2 N–H and O–H groups in total. The molecule has 0 fully saturated rings. The van der Waals surface area contributed by atoms with Gasteiger partial charge in [0.1, 0.15) is 0 Å². The van der Waals surface area contributed by atoms with Crippen LogP contribution in [0, 0.1) is 0 Å². The van der Waals surface area contributed by atoms with Crippen LogP contribution in [-0.4, -0.2) is 16.5 Å². The van der Waals surface area contributed by atoms with Crippen molar-refractivity contribution in [3.63, 3.8) is 0 Å². The van der Waals surface area contributed by atoms with Gasteiger partial charge in [0.05, 0.1) is 6.33 Å². The number of benzene rings is 1. The van der Waals surface area contributed by atoms with E-state index in [1.165, 1.54) is 10.6 Å². The number of para-hydroxylation sites is 1. The number of imidazole rings is 1. The Hall–Kier alpha value is -1.42. The van der Waals surface area contributed by atoms with Crippen LogP contribution in [0.1, 0.15) is 12.6 Å². The van der Waals surface area contributed by atoms with Gasteiger partial charge in [0.15, 0.2) is 0 Å². The van der Waals surface area contributed by atoms with E-state index in [1.807, 2.05) is 18.0 Å². The van der Waals surface area contributed by atoms with Crippen LogP contribution >= 0.6 is 11.8 Å². The van der Waals surface area contributed by atoms with Crippen molar-refractivity contribution in [3.05, 3.63) is 42.5 Å². The molecule has 0 aliphatic rings. The molecule has 0 atom stereocenters. The third-order valence-corrected chi connectivity index (χ3v) is 3.31. The smallest absolute Gasteiger partial charge is 0.0921 e. The Morgan fingerprint density at radius 2 is 2.25 bits per heavy atom. The first-order valence-electron chi connectivity index (χ1n) is 5.33. The summed E-state index contributed by atoms with van der Waals surface area (Å²) in [4.78, 5) is 8.39. The summed E-state index contributed by atoms with van der Waals surface area (Å²) in [5, 5.41) is 3.36. The maximum absolute atomic E-state index is 4.01. The first-order chi connectivity index (χ1) is 7.90. The fraction of sp³-hybridized carbons (Fsp3) is 0.250. The maximum Gasteiger partial charge on any atom is 0.0921 e. The molecule has 2 aromatic rings. The summed E-state index contributed by atoms with van der Waals surface area (Å²) in [6.07, 6.45) is 3.58. The highest BCUT2D eigenvalue weighted by atomic mass is 32.2. The minimum atomic E-state index is 0.919. The molecular formula is C12H15N3S. The lowest BCUT2D eigenvalue weighted by atomic mass is 10.3. The summed E-state index contributed by atoms with van der Waals surface area (Å²) in [6, 6.07) is 8.37. The topological polar surface area (TPSA) is 40.7 Å². The maximum atomic E-state index is 4.01.